The molecule has 0 aliphatic rings. The van der Waals surface area contributed by atoms with E-state index in [1.165, 1.54) is 41.3 Å². The molecule has 0 unspecified atom stereocenters. The minimum atomic E-state index is -4.58. The van der Waals surface area contributed by atoms with E-state index in [0.29, 0.717) is 0 Å². The van der Waals surface area contributed by atoms with Crippen molar-refractivity contribution < 1.29 is 36.9 Å². The minimum absolute atomic E-state index is 0.0159. The molecule has 0 radical (unpaired) electrons. The van der Waals surface area contributed by atoms with Crippen molar-refractivity contribution in [3.05, 3.63) is 65.7 Å². The third-order valence-corrected chi connectivity index (χ3v) is 3.61. The van der Waals surface area contributed by atoms with Crippen molar-refractivity contribution in [3.63, 3.8) is 0 Å². The standard InChI is InChI=1S/C18H13F4N3O4/c19-13-2-1-12(14(8-13)29-10-18(20,21)22)9-28-16-4-6-24-25(16)15-7-11(17(26)27)3-5-23-15/h1-8H,9-10H2,(H,26,27). The van der Waals surface area contributed by atoms with Crippen LogP contribution >= 0.6 is 0 Å². The van der Waals surface area contributed by atoms with Crippen LogP contribution < -0.4 is 9.47 Å². The average molecular weight is 411 g/mol. The minimum Gasteiger partial charge on any atom is -0.484 e. The van der Waals surface area contributed by atoms with Gasteiger partial charge in [-0.25, -0.2) is 14.2 Å². The number of aromatic carboxylic acids is 1. The van der Waals surface area contributed by atoms with Gasteiger partial charge in [-0.05, 0) is 24.3 Å². The van der Waals surface area contributed by atoms with E-state index < -0.39 is 24.6 Å². The molecule has 11 heteroatoms. The lowest BCUT2D eigenvalue weighted by Gasteiger charge is -2.14. The number of carboxylic acids is 1. The highest BCUT2D eigenvalue weighted by atomic mass is 19.4. The SMILES string of the molecule is O=C(O)c1ccnc(-n2nccc2OCc2ccc(F)cc2OCC(F)(F)F)c1. The number of alkyl halides is 3. The second-order valence-electron chi connectivity index (χ2n) is 5.73. The molecular formula is C18H13F4N3O4. The van der Waals surface area contributed by atoms with Gasteiger partial charge in [0, 0.05) is 23.9 Å². The number of nitrogens with zero attached hydrogens (tertiary/aromatic N) is 3. The van der Waals surface area contributed by atoms with E-state index in [0.717, 1.165) is 12.1 Å². The Bertz CT molecular complexity index is 1020. The first-order valence-corrected chi connectivity index (χ1v) is 8.07. The van der Waals surface area contributed by atoms with E-state index >= 15 is 0 Å². The molecule has 29 heavy (non-hydrogen) atoms. The molecule has 0 atom stereocenters. The van der Waals surface area contributed by atoms with Crippen LogP contribution in [0.15, 0.2) is 48.8 Å². The monoisotopic (exact) mass is 411 g/mol. The summed E-state index contributed by atoms with van der Waals surface area (Å²) in [7, 11) is 0. The van der Waals surface area contributed by atoms with Crippen LogP contribution in [0.3, 0.4) is 0 Å². The van der Waals surface area contributed by atoms with E-state index in [1.54, 1.807) is 0 Å². The van der Waals surface area contributed by atoms with Gasteiger partial charge in [-0.15, -0.1) is 0 Å². The number of rotatable bonds is 7. The molecule has 7 nitrogen and oxygen atoms in total. The highest BCUT2D eigenvalue weighted by Crippen LogP contribution is 2.25. The number of halogens is 4. The molecule has 0 aliphatic heterocycles. The summed E-state index contributed by atoms with van der Waals surface area (Å²) < 4.78 is 62.0. The fraction of sp³-hybridized carbons (Fsp3) is 0.167. The molecule has 152 valence electrons. The Hall–Kier alpha value is -3.63. The summed E-state index contributed by atoms with van der Waals surface area (Å²) in [4.78, 5) is 15.1. The van der Waals surface area contributed by atoms with Crippen LogP contribution in [0.5, 0.6) is 11.6 Å². The largest absolute Gasteiger partial charge is 0.484 e. The van der Waals surface area contributed by atoms with Gasteiger partial charge in [0.25, 0.3) is 0 Å². The van der Waals surface area contributed by atoms with Crippen LogP contribution in [0.2, 0.25) is 0 Å². The number of pyridine rings is 1. The van der Waals surface area contributed by atoms with Gasteiger partial charge in [-0.1, -0.05) is 0 Å². The van der Waals surface area contributed by atoms with Crippen LogP contribution in [-0.4, -0.2) is 38.6 Å². The molecule has 2 aromatic heterocycles. The third kappa shape index (κ3) is 5.21. The fourth-order valence-corrected chi connectivity index (χ4v) is 2.33. The normalized spacial score (nSPS) is 11.3. The van der Waals surface area contributed by atoms with E-state index in [4.69, 9.17) is 9.84 Å². The molecule has 3 rings (SSSR count). The lowest BCUT2D eigenvalue weighted by molar-refractivity contribution is -0.153. The summed E-state index contributed by atoms with van der Waals surface area (Å²) in [5, 5.41) is 13.1. The second-order valence-corrected chi connectivity index (χ2v) is 5.73. The summed E-state index contributed by atoms with van der Waals surface area (Å²) in [6.45, 7) is -1.83. The maximum absolute atomic E-state index is 13.4. The Morgan fingerprint density at radius 1 is 1.10 bits per heavy atom. The molecule has 3 aromatic rings. The van der Waals surface area contributed by atoms with Crippen molar-refractivity contribution >= 4 is 5.97 Å². The number of ether oxygens (including phenoxy) is 2. The number of aromatic nitrogens is 3. The molecule has 0 bridgehead atoms. The first-order chi connectivity index (χ1) is 13.7. The quantitative estimate of drug-likeness (QED) is 0.598. The van der Waals surface area contributed by atoms with Gasteiger partial charge in [-0.3, -0.25) is 0 Å². The average Bonchev–Trinajstić information content (AvgIpc) is 3.13. The van der Waals surface area contributed by atoms with E-state index in [1.807, 2.05) is 0 Å². The number of carboxylic acid groups (broad SMARTS) is 1. The third-order valence-electron chi connectivity index (χ3n) is 3.61. The summed E-state index contributed by atoms with van der Waals surface area (Å²) >= 11 is 0. The van der Waals surface area contributed by atoms with Crippen LogP contribution in [0, 0.1) is 5.82 Å². The predicted molar refractivity (Wildman–Crippen MR) is 90.6 cm³/mol. The lowest BCUT2D eigenvalue weighted by Crippen LogP contribution is -2.20. The molecule has 0 fully saturated rings. The molecule has 1 aromatic carbocycles. The number of hydrogen-bond donors (Lipinski definition) is 1. The molecule has 0 saturated heterocycles. The maximum Gasteiger partial charge on any atom is 0.422 e. The van der Waals surface area contributed by atoms with Crippen LogP contribution in [0.4, 0.5) is 17.6 Å². The highest BCUT2D eigenvalue weighted by Gasteiger charge is 2.29. The van der Waals surface area contributed by atoms with Crippen molar-refractivity contribution in [1.82, 2.24) is 14.8 Å². The summed E-state index contributed by atoms with van der Waals surface area (Å²) in [6, 6.07) is 7.17. The Balaban J connectivity index is 1.79. The van der Waals surface area contributed by atoms with Gasteiger partial charge >= 0.3 is 12.1 Å². The van der Waals surface area contributed by atoms with Crippen molar-refractivity contribution in [2.45, 2.75) is 12.8 Å². The van der Waals surface area contributed by atoms with Gasteiger partial charge in [0.2, 0.25) is 5.88 Å². The molecule has 0 saturated carbocycles. The Morgan fingerprint density at radius 2 is 1.90 bits per heavy atom. The number of carbonyl (C=O) groups is 1. The van der Waals surface area contributed by atoms with Crippen LogP contribution in [0.1, 0.15) is 15.9 Å². The summed E-state index contributed by atoms with van der Waals surface area (Å²) in [6.07, 6.45) is -1.92. The van der Waals surface area contributed by atoms with E-state index in [9.17, 15) is 22.4 Å². The molecule has 0 amide bonds. The van der Waals surface area contributed by atoms with Crippen molar-refractivity contribution in [1.29, 1.82) is 0 Å². The zero-order chi connectivity index (χ0) is 21.0. The highest BCUT2D eigenvalue weighted by molar-refractivity contribution is 5.87. The van der Waals surface area contributed by atoms with Crippen LogP contribution in [0.25, 0.3) is 5.82 Å². The van der Waals surface area contributed by atoms with Gasteiger partial charge in [0.15, 0.2) is 12.4 Å². The topological polar surface area (TPSA) is 86.5 Å². The molecule has 2 heterocycles. The van der Waals surface area contributed by atoms with Crippen molar-refractivity contribution in [2.75, 3.05) is 6.61 Å². The van der Waals surface area contributed by atoms with Crippen molar-refractivity contribution in [3.8, 4) is 17.4 Å². The number of benzene rings is 1. The Kier molecular flexibility index (Phi) is 5.66. The molecule has 0 aliphatic carbocycles. The first-order valence-electron chi connectivity index (χ1n) is 8.07. The molecule has 1 N–H and O–H groups in total. The fourth-order valence-electron chi connectivity index (χ4n) is 2.33. The second kappa shape index (κ2) is 8.17. The van der Waals surface area contributed by atoms with E-state index in [2.05, 4.69) is 14.8 Å². The summed E-state index contributed by atoms with van der Waals surface area (Å²) in [5.74, 6) is -1.91. The lowest BCUT2D eigenvalue weighted by atomic mass is 10.2. The molecule has 0 spiro atoms. The zero-order valence-corrected chi connectivity index (χ0v) is 14.6. The predicted octanol–water partition coefficient (Wildman–Crippen LogP) is 3.62. The van der Waals surface area contributed by atoms with Gasteiger partial charge < -0.3 is 14.6 Å². The number of hydrogen-bond acceptors (Lipinski definition) is 5. The Labute approximate surface area is 161 Å². The zero-order valence-electron chi connectivity index (χ0n) is 14.6. The Morgan fingerprint density at radius 3 is 2.62 bits per heavy atom. The smallest absolute Gasteiger partial charge is 0.422 e. The van der Waals surface area contributed by atoms with Crippen LogP contribution in [-0.2, 0) is 6.61 Å². The molecular weight excluding hydrogens is 398 g/mol. The van der Waals surface area contributed by atoms with Gasteiger partial charge in [0.05, 0.1) is 11.8 Å². The first kappa shape index (κ1) is 20.1. The van der Waals surface area contributed by atoms with Crippen molar-refractivity contribution in [2.24, 2.45) is 0 Å². The van der Waals surface area contributed by atoms with Gasteiger partial charge in [0.1, 0.15) is 18.2 Å². The summed E-state index contributed by atoms with van der Waals surface area (Å²) in [5.41, 5.74) is 0.161. The van der Waals surface area contributed by atoms with E-state index in [-0.39, 0.29) is 35.2 Å². The van der Waals surface area contributed by atoms with Gasteiger partial charge in [-0.2, -0.15) is 23.0 Å². The maximum atomic E-state index is 13.4.